The Hall–Kier alpha value is -1.87. The molecule has 1 aromatic heterocycles. The zero-order valence-electron chi connectivity index (χ0n) is 14.9. The van der Waals surface area contributed by atoms with Gasteiger partial charge < -0.3 is 9.64 Å². The van der Waals surface area contributed by atoms with Crippen LogP contribution in [0.15, 0.2) is 46.0 Å². The lowest BCUT2D eigenvalue weighted by molar-refractivity contribution is 0.0285. The first-order valence-electron chi connectivity index (χ1n) is 7.72. The SMILES string of the molecule is CN(Cc1cc(Br)n(S(=O)(=O)c2cccc(F)c2)c1)C(=O)OC(C)(C)C. The van der Waals surface area contributed by atoms with Gasteiger partial charge in [-0.3, -0.25) is 0 Å². The summed E-state index contributed by atoms with van der Waals surface area (Å²) in [6.07, 6.45) is 0.861. The summed E-state index contributed by atoms with van der Waals surface area (Å²) in [6, 6.07) is 6.35. The molecule has 9 heteroatoms. The van der Waals surface area contributed by atoms with Gasteiger partial charge in [-0.05, 0) is 66.5 Å². The minimum Gasteiger partial charge on any atom is -0.444 e. The van der Waals surface area contributed by atoms with E-state index < -0.39 is 27.5 Å². The van der Waals surface area contributed by atoms with E-state index in [1.54, 1.807) is 33.9 Å². The van der Waals surface area contributed by atoms with E-state index in [1.807, 2.05) is 0 Å². The Labute approximate surface area is 160 Å². The molecule has 0 N–H and O–H groups in total. The molecule has 0 saturated heterocycles. The average molecular weight is 447 g/mol. The fourth-order valence-corrected chi connectivity index (χ4v) is 4.42. The van der Waals surface area contributed by atoms with Crippen molar-refractivity contribution in [2.75, 3.05) is 7.05 Å². The number of carbonyl (C=O) groups is 1. The van der Waals surface area contributed by atoms with Gasteiger partial charge in [-0.25, -0.2) is 21.6 Å². The summed E-state index contributed by atoms with van der Waals surface area (Å²) in [5.41, 5.74) is -0.0521. The minimum atomic E-state index is -3.96. The first-order valence-corrected chi connectivity index (χ1v) is 9.95. The van der Waals surface area contributed by atoms with Crippen molar-refractivity contribution in [3.05, 3.63) is 52.5 Å². The van der Waals surface area contributed by atoms with Gasteiger partial charge in [0.05, 0.1) is 11.4 Å². The zero-order valence-corrected chi connectivity index (χ0v) is 17.3. The van der Waals surface area contributed by atoms with Crippen molar-refractivity contribution in [1.29, 1.82) is 0 Å². The number of hydrogen-bond donors (Lipinski definition) is 0. The third-order valence-electron chi connectivity index (χ3n) is 3.28. The molecule has 0 aliphatic carbocycles. The highest BCUT2D eigenvalue weighted by molar-refractivity contribution is 9.10. The van der Waals surface area contributed by atoms with Crippen LogP contribution in [0.4, 0.5) is 9.18 Å². The van der Waals surface area contributed by atoms with Crippen LogP contribution in [0.5, 0.6) is 0 Å². The van der Waals surface area contributed by atoms with Crippen molar-refractivity contribution in [3.63, 3.8) is 0 Å². The molecular weight excluding hydrogens is 427 g/mol. The molecule has 26 heavy (non-hydrogen) atoms. The van der Waals surface area contributed by atoms with Crippen LogP contribution in [0.2, 0.25) is 0 Å². The maximum Gasteiger partial charge on any atom is 0.410 e. The van der Waals surface area contributed by atoms with Crippen molar-refractivity contribution >= 4 is 32.0 Å². The summed E-state index contributed by atoms with van der Waals surface area (Å²) >= 11 is 3.20. The fourth-order valence-electron chi connectivity index (χ4n) is 2.16. The maximum atomic E-state index is 13.4. The molecule has 0 radical (unpaired) electrons. The van der Waals surface area contributed by atoms with Gasteiger partial charge in [-0.1, -0.05) is 6.07 Å². The predicted octanol–water partition coefficient (Wildman–Crippen LogP) is 3.99. The second kappa shape index (κ2) is 7.40. The molecule has 142 valence electrons. The average Bonchev–Trinajstić information content (AvgIpc) is 2.86. The highest BCUT2D eigenvalue weighted by Gasteiger charge is 2.23. The number of amides is 1. The number of aromatic nitrogens is 1. The van der Waals surface area contributed by atoms with Crippen molar-refractivity contribution in [1.82, 2.24) is 8.87 Å². The Balaban J connectivity index is 2.25. The second-order valence-corrected chi connectivity index (χ2v) is 9.39. The lowest BCUT2D eigenvalue weighted by atomic mass is 10.2. The summed E-state index contributed by atoms with van der Waals surface area (Å²) in [5.74, 6) is -0.640. The normalized spacial score (nSPS) is 12.1. The molecule has 1 amide bonds. The molecule has 2 rings (SSSR count). The molecule has 6 nitrogen and oxygen atoms in total. The summed E-state index contributed by atoms with van der Waals surface area (Å²) in [4.78, 5) is 13.2. The van der Waals surface area contributed by atoms with Gasteiger partial charge >= 0.3 is 6.09 Å². The smallest absolute Gasteiger partial charge is 0.410 e. The van der Waals surface area contributed by atoms with Crippen LogP contribution in [0.1, 0.15) is 26.3 Å². The highest BCUT2D eigenvalue weighted by atomic mass is 79.9. The van der Waals surface area contributed by atoms with E-state index in [4.69, 9.17) is 4.74 Å². The number of rotatable bonds is 4. The molecule has 0 saturated carbocycles. The summed E-state index contributed by atoms with van der Waals surface area (Å²) in [5, 5.41) is 0. The van der Waals surface area contributed by atoms with E-state index in [0.29, 0.717) is 5.56 Å². The molecule has 0 unspecified atom stereocenters. The topological polar surface area (TPSA) is 68.6 Å². The monoisotopic (exact) mass is 446 g/mol. The Morgan fingerprint density at radius 1 is 1.31 bits per heavy atom. The van der Waals surface area contributed by atoms with Crippen molar-refractivity contribution in [3.8, 4) is 0 Å². The van der Waals surface area contributed by atoms with Crippen LogP contribution in [-0.2, 0) is 21.3 Å². The summed E-state index contributed by atoms with van der Waals surface area (Å²) in [6.45, 7) is 5.44. The van der Waals surface area contributed by atoms with Gasteiger partial charge in [0.1, 0.15) is 16.0 Å². The number of nitrogens with zero attached hydrogens (tertiary/aromatic N) is 2. The Morgan fingerprint density at radius 3 is 2.54 bits per heavy atom. The Kier molecular flexibility index (Phi) is 5.82. The fraction of sp³-hybridized carbons (Fsp3) is 0.353. The van der Waals surface area contributed by atoms with Crippen molar-refractivity contribution in [2.24, 2.45) is 0 Å². The van der Waals surface area contributed by atoms with Crippen LogP contribution >= 0.6 is 15.9 Å². The summed E-state index contributed by atoms with van der Waals surface area (Å²) in [7, 11) is -2.41. The maximum absolute atomic E-state index is 13.4. The first-order chi connectivity index (χ1) is 11.9. The van der Waals surface area contributed by atoms with E-state index in [9.17, 15) is 17.6 Å². The number of ether oxygens (including phenoxy) is 1. The van der Waals surface area contributed by atoms with Gasteiger partial charge in [0.25, 0.3) is 10.0 Å². The van der Waals surface area contributed by atoms with Crippen LogP contribution in [0.3, 0.4) is 0 Å². The molecule has 0 bridgehead atoms. The van der Waals surface area contributed by atoms with E-state index in [2.05, 4.69) is 15.9 Å². The van der Waals surface area contributed by atoms with E-state index in [-0.39, 0.29) is 16.0 Å². The van der Waals surface area contributed by atoms with E-state index >= 15 is 0 Å². The van der Waals surface area contributed by atoms with Crippen LogP contribution in [-0.4, -0.2) is 36.0 Å². The lowest BCUT2D eigenvalue weighted by Crippen LogP contribution is -2.33. The Morgan fingerprint density at radius 2 is 1.96 bits per heavy atom. The second-order valence-electron chi connectivity index (χ2n) is 6.77. The minimum absolute atomic E-state index is 0.152. The molecule has 1 heterocycles. The van der Waals surface area contributed by atoms with Crippen LogP contribution < -0.4 is 0 Å². The van der Waals surface area contributed by atoms with Gasteiger partial charge in [0.15, 0.2) is 0 Å². The van der Waals surface area contributed by atoms with Crippen LogP contribution in [0, 0.1) is 5.82 Å². The van der Waals surface area contributed by atoms with Crippen molar-refractivity contribution < 1.29 is 22.3 Å². The number of carbonyl (C=O) groups excluding carboxylic acids is 1. The third kappa shape index (κ3) is 4.85. The standard InChI is InChI=1S/C17H20BrFN2O4S/c1-17(2,3)25-16(22)20(4)10-12-8-15(18)21(11-12)26(23,24)14-7-5-6-13(19)9-14/h5-9,11H,10H2,1-4H3. The van der Waals surface area contributed by atoms with Crippen LogP contribution in [0.25, 0.3) is 0 Å². The first kappa shape index (κ1) is 20.4. The van der Waals surface area contributed by atoms with Gasteiger partial charge in [0.2, 0.25) is 0 Å². The number of halogens is 2. The Bertz CT molecular complexity index is 919. The zero-order chi connectivity index (χ0) is 19.7. The predicted molar refractivity (Wildman–Crippen MR) is 98.8 cm³/mol. The lowest BCUT2D eigenvalue weighted by Gasteiger charge is -2.24. The summed E-state index contributed by atoms with van der Waals surface area (Å²) < 4.78 is 45.3. The molecule has 1 aromatic carbocycles. The molecule has 0 atom stereocenters. The molecule has 0 aliphatic heterocycles. The van der Waals surface area contributed by atoms with Crippen molar-refractivity contribution in [2.45, 2.75) is 37.8 Å². The number of benzene rings is 1. The van der Waals surface area contributed by atoms with Gasteiger partial charge in [-0.15, -0.1) is 0 Å². The molecular formula is C17H20BrFN2O4S. The molecule has 0 spiro atoms. The van der Waals surface area contributed by atoms with E-state index in [1.165, 1.54) is 29.3 Å². The van der Waals surface area contributed by atoms with Gasteiger partial charge in [0, 0.05) is 13.2 Å². The van der Waals surface area contributed by atoms with Gasteiger partial charge in [-0.2, -0.15) is 0 Å². The highest BCUT2D eigenvalue weighted by Crippen LogP contribution is 2.24. The number of hydrogen-bond acceptors (Lipinski definition) is 4. The molecule has 0 aliphatic rings. The quantitative estimate of drug-likeness (QED) is 0.711. The molecule has 0 fully saturated rings. The largest absolute Gasteiger partial charge is 0.444 e. The third-order valence-corrected chi connectivity index (χ3v) is 5.79. The van der Waals surface area contributed by atoms with E-state index in [0.717, 1.165) is 10.0 Å². The molecule has 2 aromatic rings.